The van der Waals surface area contributed by atoms with Gasteiger partial charge >= 0.3 is 0 Å². The van der Waals surface area contributed by atoms with Gasteiger partial charge in [-0.2, -0.15) is 0 Å². The zero-order valence-corrected chi connectivity index (χ0v) is 8.23. The Morgan fingerprint density at radius 2 is 2.08 bits per heavy atom. The number of hydrogen-bond donors (Lipinski definition) is 0. The van der Waals surface area contributed by atoms with Crippen LogP contribution in [-0.4, -0.2) is 0 Å². The van der Waals surface area contributed by atoms with Gasteiger partial charge in [0.15, 0.2) is 0 Å². The second kappa shape index (κ2) is 3.77. The average Bonchev–Trinajstić information content (AvgIpc) is 2.08. The third-order valence-corrected chi connectivity index (χ3v) is 2.56. The van der Waals surface area contributed by atoms with Gasteiger partial charge in [0.2, 0.25) is 0 Å². The van der Waals surface area contributed by atoms with Crippen molar-refractivity contribution in [2.24, 2.45) is 0 Å². The van der Waals surface area contributed by atoms with E-state index in [1.54, 1.807) is 6.08 Å². The first-order valence-corrected chi connectivity index (χ1v) is 4.43. The lowest BCUT2D eigenvalue weighted by Gasteiger charge is -2.10. The maximum Gasteiger partial charge on any atom is 0.0766 e. The molecule has 0 aliphatic carbocycles. The fourth-order valence-corrected chi connectivity index (χ4v) is 1.44. The molecule has 0 aliphatic rings. The molecule has 0 fully saturated rings. The minimum Gasteiger partial charge on any atom is -0.113 e. The molecule has 0 saturated heterocycles. The highest BCUT2D eigenvalue weighted by Crippen LogP contribution is 2.25. The number of halogens is 1. The van der Waals surface area contributed by atoms with E-state index in [0.29, 0.717) is 0 Å². The van der Waals surface area contributed by atoms with Crippen molar-refractivity contribution in [3.8, 4) is 0 Å². The quantitative estimate of drug-likeness (QED) is 0.480. The van der Waals surface area contributed by atoms with Crippen molar-refractivity contribution in [2.75, 3.05) is 0 Å². The lowest BCUT2D eigenvalue weighted by atomic mass is 10.0. The summed E-state index contributed by atoms with van der Waals surface area (Å²) in [5.41, 5.74) is 3.70. The van der Waals surface area contributed by atoms with Crippen LogP contribution in [0.25, 0.3) is 0 Å². The Morgan fingerprint density at radius 1 is 1.42 bits per heavy atom. The minimum absolute atomic E-state index is 0.0649. The molecule has 12 heavy (non-hydrogen) atoms. The largest absolute Gasteiger partial charge is 0.113 e. The van der Waals surface area contributed by atoms with Crippen LogP contribution < -0.4 is 0 Å². The summed E-state index contributed by atoms with van der Waals surface area (Å²) in [7, 11) is 0. The van der Waals surface area contributed by atoms with E-state index in [0.717, 1.165) is 5.56 Å². The maximum atomic E-state index is 6.05. The van der Waals surface area contributed by atoms with Crippen molar-refractivity contribution in [1.82, 2.24) is 0 Å². The molecule has 0 spiro atoms. The van der Waals surface area contributed by atoms with Crippen LogP contribution in [0.4, 0.5) is 0 Å². The number of allylic oxidation sites excluding steroid dienone is 1. The van der Waals surface area contributed by atoms with E-state index >= 15 is 0 Å². The van der Waals surface area contributed by atoms with Gasteiger partial charge in [-0.05, 0) is 30.5 Å². The molecule has 0 saturated carbocycles. The Kier molecular flexibility index (Phi) is 2.93. The van der Waals surface area contributed by atoms with Crippen molar-refractivity contribution < 1.29 is 0 Å². The summed E-state index contributed by atoms with van der Waals surface area (Å²) < 4.78 is 0. The molecular weight excluding hydrogens is 168 g/mol. The average molecular weight is 181 g/mol. The molecular formula is C11H13Cl. The lowest BCUT2D eigenvalue weighted by molar-refractivity contribution is 1.15. The van der Waals surface area contributed by atoms with Gasteiger partial charge in [-0.25, -0.2) is 0 Å². The molecule has 0 aliphatic heterocycles. The molecule has 0 bridgehead atoms. The maximum absolute atomic E-state index is 6.05. The molecule has 0 nitrogen and oxygen atoms in total. The van der Waals surface area contributed by atoms with Gasteiger partial charge in [-0.15, -0.1) is 18.2 Å². The fourth-order valence-electron chi connectivity index (χ4n) is 1.20. The van der Waals surface area contributed by atoms with Crippen LogP contribution in [0.15, 0.2) is 30.9 Å². The van der Waals surface area contributed by atoms with Gasteiger partial charge in [0.1, 0.15) is 0 Å². The predicted molar refractivity (Wildman–Crippen MR) is 54.7 cm³/mol. The number of rotatable bonds is 2. The van der Waals surface area contributed by atoms with Crippen LogP contribution in [0.5, 0.6) is 0 Å². The molecule has 1 heteroatoms. The summed E-state index contributed by atoms with van der Waals surface area (Å²) in [4.78, 5) is 0. The Bertz CT molecular complexity index is 289. The third-order valence-electron chi connectivity index (χ3n) is 2.15. The molecule has 0 radical (unpaired) electrons. The molecule has 1 rings (SSSR count). The van der Waals surface area contributed by atoms with Gasteiger partial charge in [0.25, 0.3) is 0 Å². The Balaban J connectivity index is 3.15. The topological polar surface area (TPSA) is 0 Å². The molecule has 1 aromatic carbocycles. The summed E-state index contributed by atoms with van der Waals surface area (Å²) in [5, 5.41) is -0.0649. The third kappa shape index (κ3) is 1.70. The van der Waals surface area contributed by atoms with E-state index in [4.69, 9.17) is 11.6 Å². The normalized spacial score (nSPS) is 12.6. The highest BCUT2D eigenvalue weighted by Gasteiger charge is 2.06. The highest BCUT2D eigenvalue weighted by atomic mass is 35.5. The van der Waals surface area contributed by atoms with Gasteiger partial charge in [-0.3, -0.25) is 0 Å². The Labute approximate surface area is 78.9 Å². The zero-order chi connectivity index (χ0) is 9.14. The smallest absolute Gasteiger partial charge is 0.0766 e. The fraction of sp³-hybridized carbons (Fsp3) is 0.273. The second-order valence-corrected chi connectivity index (χ2v) is 3.40. The molecule has 0 amide bonds. The van der Waals surface area contributed by atoms with Crippen molar-refractivity contribution in [3.05, 3.63) is 47.5 Å². The number of alkyl halides is 1. The number of benzene rings is 1. The van der Waals surface area contributed by atoms with Crippen molar-refractivity contribution in [1.29, 1.82) is 0 Å². The van der Waals surface area contributed by atoms with Crippen LogP contribution in [0.2, 0.25) is 0 Å². The zero-order valence-electron chi connectivity index (χ0n) is 7.47. The first kappa shape index (κ1) is 9.34. The van der Waals surface area contributed by atoms with Crippen LogP contribution in [-0.2, 0) is 0 Å². The van der Waals surface area contributed by atoms with Crippen LogP contribution in [0, 0.1) is 13.8 Å². The van der Waals surface area contributed by atoms with Gasteiger partial charge in [-0.1, -0.05) is 24.3 Å². The molecule has 0 heterocycles. The van der Waals surface area contributed by atoms with Crippen molar-refractivity contribution >= 4 is 11.6 Å². The van der Waals surface area contributed by atoms with Crippen LogP contribution >= 0.6 is 11.6 Å². The Morgan fingerprint density at radius 3 is 2.67 bits per heavy atom. The summed E-state index contributed by atoms with van der Waals surface area (Å²) >= 11 is 6.05. The summed E-state index contributed by atoms with van der Waals surface area (Å²) in [6.07, 6.45) is 1.75. The predicted octanol–water partition coefficient (Wildman–Crippen LogP) is 3.77. The van der Waals surface area contributed by atoms with E-state index in [2.05, 4.69) is 26.5 Å². The van der Waals surface area contributed by atoms with Gasteiger partial charge in [0.05, 0.1) is 5.38 Å². The summed E-state index contributed by atoms with van der Waals surface area (Å²) in [6.45, 7) is 7.85. The van der Waals surface area contributed by atoms with Gasteiger partial charge in [0, 0.05) is 0 Å². The second-order valence-electron chi connectivity index (χ2n) is 2.93. The van der Waals surface area contributed by atoms with E-state index in [-0.39, 0.29) is 5.38 Å². The van der Waals surface area contributed by atoms with Crippen LogP contribution in [0.3, 0.4) is 0 Å². The number of hydrogen-bond acceptors (Lipinski definition) is 0. The van der Waals surface area contributed by atoms with E-state index in [9.17, 15) is 0 Å². The van der Waals surface area contributed by atoms with Gasteiger partial charge < -0.3 is 0 Å². The number of aryl methyl sites for hydroxylation is 1. The summed E-state index contributed by atoms with van der Waals surface area (Å²) in [5.74, 6) is 0. The lowest BCUT2D eigenvalue weighted by Crippen LogP contribution is -1.92. The molecule has 1 unspecified atom stereocenters. The van der Waals surface area contributed by atoms with Crippen molar-refractivity contribution in [2.45, 2.75) is 19.2 Å². The van der Waals surface area contributed by atoms with Crippen LogP contribution in [0.1, 0.15) is 22.1 Å². The van der Waals surface area contributed by atoms with E-state index < -0.39 is 0 Å². The molecule has 1 aromatic rings. The van der Waals surface area contributed by atoms with Crippen molar-refractivity contribution in [3.63, 3.8) is 0 Å². The molecule has 1 atom stereocenters. The SMILES string of the molecule is C=CC(Cl)c1cccc(C)c1C. The minimum atomic E-state index is -0.0649. The first-order chi connectivity index (χ1) is 5.66. The summed E-state index contributed by atoms with van der Waals surface area (Å²) in [6, 6.07) is 6.16. The van der Waals surface area contributed by atoms with E-state index in [1.807, 2.05) is 12.1 Å². The molecule has 64 valence electrons. The molecule has 0 aromatic heterocycles. The highest BCUT2D eigenvalue weighted by molar-refractivity contribution is 6.22. The van der Waals surface area contributed by atoms with E-state index in [1.165, 1.54) is 11.1 Å². The first-order valence-electron chi connectivity index (χ1n) is 3.99. The standard InChI is InChI=1S/C11H13Cl/c1-4-11(12)10-7-5-6-8(2)9(10)3/h4-7,11H,1H2,2-3H3. The Hall–Kier alpha value is -0.750. The monoisotopic (exact) mass is 180 g/mol. The molecule has 0 N–H and O–H groups in total.